The molecule has 0 atom stereocenters. The molecule has 0 saturated carbocycles. The molecule has 2 nitrogen and oxygen atoms in total. The number of nitrogens with zero attached hydrogens (tertiary/aromatic N) is 1. The average molecular weight is 245 g/mol. The second-order valence-corrected chi connectivity index (χ2v) is 4.98. The predicted octanol–water partition coefficient (Wildman–Crippen LogP) is 3.56. The second-order valence-electron chi connectivity index (χ2n) is 3.88. The molecule has 0 spiro atoms. The molecule has 0 unspecified atom stereocenters. The SMILES string of the molecule is CCCSCC(=O)c1cccc2ccncc12. The van der Waals surface area contributed by atoms with E-state index >= 15 is 0 Å². The summed E-state index contributed by atoms with van der Waals surface area (Å²) in [5.41, 5.74) is 0.791. The van der Waals surface area contributed by atoms with Gasteiger partial charge < -0.3 is 0 Å². The Bertz CT molecular complexity index is 519. The van der Waals surface area contributed by atoms with Gasteiger partial charge in [0.2, 0.25) is 0 Å². The van der Waals surface area contributed by atoms with Crippen molar-refractivity contribution in [2.75, 3.05) is 11.5 Å². The third-order valence-corrected chi connectivity index (χ3v) is 3.73. The largest absolute Gasteiger partial charge is 0.293 e. The molecule has 3 heteroatoms. The Morgan fingerprint density at radius 2 is 2.24 bits per heavy atom. The first-order valence-electron chi connectivity index (χ1n) is 5.76. The van der Waals surface area contributed by atoms with Gasteiger partial charge >= 0.3 is 0 Å². The van der Waals surface area contributed by atoms with Crippen LogP contribution in [0, 0.1) is 0 Å². The number of Topliss-reactive ketones (excluding diaryl/α,β-unsaturated/α-hetero) is 1. The van der Waals surface area contributed by atoms with Crippen molar-refractivity contribution in [3.8, 4) is 0 Å². The molecule has 88 valence electrons. The average Bonchev–Trinajstić information content (AvgIpc) is 2.38. The fourth-order valence-corrected chi connectivity index (χ4v) is 2.52. The maximum Gasteiger partial charge on any atom is 0.173 e. The highest BCUT2D eigenvalue weighted by Crippen LogP contribution is 2.19. The molecule has 1 aromatic heterocycles. The monoisotopic (exact) mass is 245 g/mol. The molecule has 0 fully saturated rings. The summed E-state index contributed by atoms with van der Waals surface area (Å²) in [5.74, 6) is 1.79. The number of carbonyl (C=O) groups is 1. The van der Waals surface area contributed by atoms with E-state index in [9.17, 15) is 4.79 Å². The Kier molecular flexibility index (Phi) is 4.15. The maximum absolute atomic E-state index is 12.1. The van der Waals surface area contributed by atoms with Gasteiger partial charge in [-0.05, 0) is 23.6 Å². The highest BCUT2D eigenvalue weighted by Gasteiger charge is 2.09. The first-order valence-corrected chi connectivity index (χ1v) is 6.92. The van der Waals surface area contributed by atoms with Crippen molar-refractivity contribution in [1.29, 1.82) is 0 Å². The Hall–Kier alpha value is -1.35. The Morgan fingerprint density at radius 3 is 3.06 bits per heavy atom. The van der Waals surface area contributed by atoms with Crippen LogP contribution in [0.3, 0.4) is 0 Å². The molecule has 0 saturated heterocycles. The summed E-state index contributed by atoms with van der Waals surface area (Å²) in [6.45, 7) is 2.12. The van der Waals surface area contributed by atoms with Crippen molar-refractivity contribution in [3.05, 3.63) is 42.2 Å². The van der Waals surface area contributed by atoms with E-state index in [1.165, 1.54) is 0 Å². The van der Waals surface area contributed by atoms with E-state index in [0.717, 1.165) is 28.5 Å². The molecule has 1 aromatic carbocycles. The molecular weight excluding hydrogens is 230 g/mol. The molecule has 0 amide bonds. The van der Waals surface area contributed by atoms with E-state index < -0.39 is 0 Å². The smallest absolute Gasteiger partial charge is 0.173 e. The van der Waals surface area contributed by atoms with E-state index in [2.05, 4.69) is 11.9 Å². The number of aromatic nitrogens is 1. The lowest BCUT2D eigenvalue weighted by molar-refractivity contribution is 0.102. The van der Waals surface area contributed by atoms with Crippen LogP contribution in [0.1, 0.15) is 23.7 Å². The third-order valence-electron chi connectivity index (χ3n) is 2.57. The van der Waals surface area contributed by atoms with Gasteiger partial charge in [-0.15, -0.1) is 0 Å². The molecule has 17 heavy (non-hydrogen) atoms. The van der Waals surface area contributed by atoms with Gasteiger partial charge in [0.15, 0.2) is 5.78 Å². The quantitative estimate of drug-likeness (QED) is 0.596. The Morgan fingerprint density at radius 1 is 1.35 bits per heavy atom. The molecule has 0 radical (unpaired) electrons. The van der Waals surface area contributed by atoms with Crippen LogP contribution in [0.15, 0.2) is 36.7 Å². The maximum atomic E-state index is 12.1. The lowest BCUT2D eigenvalue weighted by Crippen LogP contribution is -2.03. The number of ketones is 1. The van der Waals surface area contributed by atoms with Gasteiger partial charge in [0.1, 0.15) is 0 Å². The minimum Gasteiger partial charge on any atom is -0.293 e. The summed E-state index contributed by atoms with van der Waals surface area (Å²) in [6.07, 6.45) is 4.63. The van der Waals surface area contributed by atoms with Crippen LogP contribution in [0.5, 0.6) is 0 Å². The van der Waals surface area contributed by atoms with E-state index in [1.54, 1.807) is 24.2 Å². The van der Waals surface area contributed by atoms with Crippen LogP contribution in [0.2, 0.25) is 0 Å². The van der Waals surface area contributed by atoms with Crippen LogP contribution < -0.4 is 0 Å². The van der Waals surface area contributed by atoms with Crippen LogP contribution in [-0.4, -0.2) is 22.3 Å². The number of hydrogen-bond donors (Lipinski definition) is 0. The topological polar surface area (TPSA) is 30.0 Å². The fourth-order valence-electron chi connectivity index (χ4n) is 1.74. The molecule has 0 bridgehead atoms. The predicted molar refractivity (Wildman–Crippen MR) is 73.7 cm³/mol. The van der Waals surface area contributed by atoms with Crippen molar-refractivity contribution in [2.45, 2.75) is 13.3 Å². The molecule has 0 aliphatic rings. The van der Waals surface area contributed by atoms with Gasteiger partial charge in [0, 0.05) is 23.3 Å². The number of benzene rings is 1. The van der Waals surface area contributed by atoms with E-state index in [0.29, 0.717) is 5.75 Å². The molecule has 0 N–H and O–H groups in total. The zero-order valence-electron chi connectivity index (χ0n) is 9.85. The normalized spacial score (nSPS) is 10.6. The minimum atomic E-state index is 0.196. The first kappa shape index (κ1) is 12.1. The highest BCUT2D eigenvalue weighted by molar-refractivity contribution is 7.99. The fraction of sp³-hybridized carbons (Fsp3) is 0.286. The zero-order valence-corrected chi connectivity index (χ0v) is 10.7. The number of hydrogen-bond acceptors (Lipinski definition) is 3. The van der Waals surface area contributed by atoms with Gasteiger partial charge in [0.25, 0.3) is 0 Å². The molecule has 0 aliphatic heterocycles. The molecule has 2 aromatic rings. The van der Waals surface area contributed by atoms with Gasteiger partial charge in [0.05, 0.1) is 5.75 Å². The molecular formula is C14H15NOS. The number of thioether (sulfide) groups is 1. The summed E-state index contributed by atoms with van der Waals surface area (Å²) in [4.78, 5) is 16.2. The summed E-state index contributed by atoms with van der Waals surface area (Å²) >= 11 is 1.69. The van der Waals surface area contributed by atoms with Gasteiger partial charge in [-0.1, -0.05) is 25.1 Å². The molecule has 1 heterocycles. The van der Waals surface area contributed by atoms with Crippen molar-refractivity contribution < 1.29 is 4.79 Å². The van der Waals surface area contributed by atoms with Crippen LogP contribution in [0.4, 0.5) is 0 Å². The summed E-state index contributed by atoms with van der Waals surface area (Å²) in [6, 6.07) is 7.76. The zero-order chi connectivity index (χ0) is 12.1. The van der Waals surface area contributed by atoms with Crippen LogP contribution in [0.25, 0.3) is 10.8 Å². The van der Waals surface area contributed by atoms with Crippen molar-refractivity contribution >= 4 is 28.3 Å². The van der Waals surface area contributed by atoms with E-state index in [-0.39, 0.29) is 5.78 Å². The van der Waals surface area contributed by atoms with Crippen molar-refractivity contribution in [1.82, 2.24) is 4.98 Å². The Balaban J connectivity index is 2.26. The van der Waals surface area contributed by atoms with Crippen LogP contribution in [-0.2, 0) is 0 Å². The summed E-state index contributed by atoms with van der Waals surface area (Å²) in [7, 11) is 0. The van der Waals surface area contributed by atoms with Gasteiger partial charge in [-0.25, -0.2) is 0 Å². The van der Waals surface area contributed by atoms with Crippen LogP contribution >= 0.6 is 11.8 Å². The number of pyridine rings is 1. The second kappa shape index (κ2) is 5.82. The van der Waals surface area contributed by atoms with Gasteiger partial charge in [-0.2, -0.15) is 11.8 Å². The molecule has 2 rings (SSSR count). The van der Waals surface area contributed by atoms with Crippen molar-refractivity contribution in [2.24, 2.45) is 0 Å². The standard InChI is InChI=1S/C14H15NOS/c1-2-8-17-10-14(16)12-5-3-4-11-6-7-15-9-13(11)12/h3-7,9H,2,8,10H2,1H3. The van der Waals surface area contributed by atoms with E-state index in [1.807, 2.05) is 24.3 Å². The summed E-state index contributed by atoms with van der Waals surface area (Å²) < 4.78 is 0. The molecule has 0 aliphatic carbocycles. The van der Waals surface area contributed by atoms with E-state index in [4.69, 9.17) is 0 Å². The first-order chi connectivity index (χ1) is 8.33. The number of rotatable bonds is 5. The number of fused-ring (bicyclic) bond motifs is 1. The Labute approximate surface area is 105 Å². The highest BCUT2D eigenvalue weighted by atomic mass is 32.2. The lowest BCUT2D eigenvalue weighted by Gasteiger charge is -2.04. The number of carbonyl (C=O) groups excluding carboxylic acids is 1. The van der Waals surface area contributed by atoms with Gasteiger partial charge in [-0.3, -0.25) is 9.78 Å². The summed E-state index contributed by atoms with van der Waals surface area (Å²) in [5, 5.41) is 2.03. The third kappa shape index (κ3) is 2.86. The lowest BCUT2D eigenvalue weighted by atomic mass is 10.0. The minimum absolute atomic E-state index is 0.196. The van der Waals surface area contributed by atoms with Crippen molar-refractivity contribution in [3.63, 3.8) is 0 Å².